The molecule has 2 heterocycles. The van der Waals surface area contributed by atoms with Gasteiger partial charge in [0.05, 0.1) is 4.47 Å². The van der Waals surface area contributed by atoms with E-state index in [2.05, 4.69) is 26.2 Å². The van der Waals surface area contributed by atoms with Crippen molar-refractivity contribution in [1.82, 2.24) is 10.3 Å². The van der Waals surface area contributed by atoms with Crippen LogP contribution in [0.15, 0.2) is 22.8 Å². The summed E-state index contributed by atoms with van der Waals surface area (Å²) in [6, 6.07) is 3.80. The number of nitrogens with zero attached hydrogens (tertiary/aromatic N) is 2. The molecular formula is C11H14BrN3O. The van der Waals surface area contributed by atoms with Crippen LogP contribution in [0.3, 0.4) is 0 Å². The van der Waals surface area contributed by atoms with E-state index in [1.54, 1.807) is 6.20 Å². The molecule has 1 amide bonds. The number of hydrogen-bond acceptors (Lipinski definition) is 3. The lowest BCUT2D eigenvalue weighted by atomic mass is 9.99. The Balaban J connectivity index is 2.40. The smallest absolute Gasteiger partial charge is 0.245 e. The highest BCUT2D eigenvalue weighted by molar-refractivity contribution is 9.10. The molecule has 1 fully saturated rings. The lowest BCUT2D eigenvalue weighted by Crippen LogP contribution is -2.62. The molecule has 0 spiro atoms. The van der Waals surface area contributed by atoms with E-state index in [1.807, 2.05) is 30.9 Å². The van der Waals surface area contributed by atoms with Crippen LogP contribution in [0.4, 0.5) is 5.82 Å². The first-order valence-corrected chi connectivity index (χ1v) is 5.99. The SMILES string of the molecule is CC1(C)C(=O)NCCN1c1ncccc1Br. The number of piperazine rings is 1. The highest BCUT2D eigenvalue weighted by atomic mass is 79.9. The molecule has 0 unspecified atom stereocenters. The number of anilines is 1. The first-order chi connectivity index (χ1) is 7.53. The van der Waals surface area contributed by atoms with E-state index in [0.717, 1.165) is 16.8 Å². The lowest BCUT2D eigenvalue weighted by Gasteiger charge is -2.42. The summed E-state index contributed by atoms with van der Waals surface area (Å²) in [6.45, 7) is 5.24. The quantitative estimate of drug-likeness (QED) is 0.851. The molecular weight excluding hydrogens is 270 g/mol. The Morgan fingerprint density at radius 2 is 2.31 bits per heavy atom. The number of carbonyl (C=O) groups is 1. The van der Waals surface area contributed by atoms with Crippen molar-refractivity contribution in [2.24, 2.45) is 0 Å². The van der Waals surface area contributed by atoms with Crippen LogP contribution in [-0.2, 0) is 4.79 Å². The number of pyridine rings is 1. The molecule has 4 nitrogen and oxygen atoms in total. The highest BCUT2D eigenvalue weighted by Crippen LogP contribution is 2.30. The van der Waals surface area contributed by atoms with Crippen molar-refractivity contribution in [3.8, 4) is 0 Å². The molecule has 0 bridgehead atoms. The number of rotatable bonds is 1. The zero-order chi connectivity index (χ0) is 11.8. The molecule has 1 N–H and O–H groups in total. The van der Waals surface area contributed by atoms with E-state index in [1.165, 1.54) is 0 Å². The zero-order valence-corrected chi connectivity index (χ0v) is 10.9. The summed E-state index contributed by atoms with van der Waals surface area (Å²) in [5.74, 6) is 0.860. The number of halogens is 1. The van der Waals surface area contributed by atoms with Crippen molar-refractivity contribution in [3.05, 3.63) is 22.8 Å². The summed E-state index contributed by atoms with van der Waals surface area (Å²) in [5, 5.41) is 2.87. The van der Waals surface area contributed by atoms with Gasteiger partial charge in [0.1, 0.15) is 11.4 Å². The van der Waals surface area contributed by atoms with Gasteiger partial charge >= 0.3 is 0 Å². The topological polar surface area (TPSA) is 45.2 Å². The molecule has 0 aromatic carbocycles. The summed E-state index contributed by atoms with van der Waals surface area (Å²) < 4.78 is 0.915. The monoisotopic (exact) mass is 283 g/mol. The van der Waals surface area contributed by atoms with Gasteiger partial charge in [0, 0.05) is 19.3 Å². The standard InChI is InChI=1S/C11H14BrN3O/c1-11(2)10(16)14-6-7-15(11)9-8(12)4-3-5-13-9/h3-5H,6-7H2,1-2H3,(H,14,16). The Kier molecular flexibility index (Phi) is 2.88. The summed E-state index contributed by atoms with van der Waals surface area (Å²) in [7, 11) is 0. The molecule has 0 radical (unpaired) electrons. The Morgan fingerprint density at radius 3 is 3.00 bits per heavy atom. The lowest BCUT2D eigenvalue weighted by molar-refractivity contribution is -0.126. The second kappa shape index (κ2) is 4.05. The van der Waals surface area contributed by atoms with Gasteiger partial charge in [-0.25, -0.2) is 4.98 Å². The van der Waals surface area contributed by atoms with E-state index < -0.39 is 5.54 Å². The van der Waals surface area contributed by atoms with Crippen LogP contribution in [-0.4, -0.2) is 29.5 Å². The maximum atomic E-state index is 11.8. The van der Waals surface area contributed by atoms with Crippen LogP contribution in [0.25, 0.3) is 0 Å². The van der Waals surface area contributed by atoms with Gasteiger partial charge in [-0.3, -0.25) is 4.79 Å². The van der Waals surface area contributed by atoms with Crippen LogP contribution in [0, 0.1) is 0 Å². The van der Waals surface area contributed by atoms with Gasteiger partial charge in [0.2, 0.25) is 5.91 Å². The Labute approximate surface area is 103 Å². The normalized spacial score (nSPS) is 19.4. The second-order valence-electron chi connectivity index (χ2n) is 4.28. The van der Waals surface area contributed by atoms with Gasteiger partial charge in [-0.15, -0.1) is 0 Å². The minimum Gasteiger partial charge on any atom is -0.352 e. The summed E-state index contributed by atoms with van der Waals surface area (Å²) in [6.07, 6.45) is 1.74. The molecule has 2 rings (SSSR count). The molecule has 1 aromatic rings. The number of aromatic nitrogens is 1. The molecule has 5 heteroatoms. The van der Waals surface area contributed by atoms with Crippen LogP contribution in [0.2, 0.25) is 0 Å². The molecule has 86 valence electrons. The van der Waals surface area contributed by atoms with E-state index >= 15 is 0 Å². The Hall–Kier alpha value is -1.10. The molecule has 0 aliphatic carbocycles. The Morgan fingerprint density at radius 1 is 1.56 bits per heavy atom. The van der Waals surface area contributed by atoms with Gasteiger partial charge in [0.15, 0.2) is 0 Å². The third-order valence-corrected chi connectivity index (χ3v) is 3.47. The minimum atomic E-state index is -0.560. The molecule has 1 saturated heterocycles. The van der Waals surface area contributed by atoms with Crippen LogP contribution in [0.1, 0.15) is 13.8 Å². The van der Waals surface area contributed by atoms with E-state index in [9.17, 15) is 4.79 Å². The molecule has 1 aromatic heterocycles. The first kappa shape index (κ1) is 11.4. The largest absolute Gasteiger partial charge is 0.352 e. The average Bonchev–Trinajstić information content (AvgIpc) is 2.24. The summed E-state index contributed by atoms with van der Waals surface area (Å²) >= 11 is 3.47. The third-order valence-electron chi connectivity index (χ3n) is 2.85. The molecule has 16 heavy (non-hydrogen) atoms. The summed E-state index contributed by atoms with van der Waals surface area (Å²) in [5.41, 5.74) is -0.560. The van der Waals surface area contributed by atoms with Crippen molar-refractivity contribution in [1.29, 1.82) is 0 Å². The fourth-order valence-electron chi connectivity index (χ4n) is 1.85. The van der Waals surface area contributed by atoms with E-state index in [-0.39, 0.29) is 5.91 Å². The van der Waals surface area contributed by atoms with Crippen molar-refractivity contribution in [2.75, 3.05) is 18.0 Å². The number of amides is 1. The van der Waals surface area contributed by atoms with Gasteiger partial charge < -0.3 is 10.2 Å². The van der Waals surface area contributed by atoms with Crippen molar-refractivity contribution < 1.29 is 4.79 Å². The van der Waals surface area contributed by atoms with Crippen LogP contribution < -0.4 is 10.2 Å². The maximum Gasteiger partial charge on any atom is 0.245 e. The van der Waals surface area contributed by atoms with Gasteiger partial charge in [-0.05, 0) is 41.9 Å². The van der Waals surface area contributed by atoms with Crippen LogP contribution in [0.5, 0.6) is 0 Å². The number of nitrogens with one attached hydrogen (secondary N) is 1. The van der Waals surface area contributed by atoms with Crippen LogP contribution >= 0.6 is 15.9 Å². The van der Waals surface area contributed by atoms with Crippen molar-refractivity contribution >= 4 is 27.7 Å². The zero-order valence-electron chi connectivity index (χ0n) is 9.33. The van der Waals surface area contributed by atoms with Gasteiger partial charge in [0.25, 0.3) is 0 Å². The predicted octanol–water partition coefficient (Wildman–Crippen LogP) is 1.56. The average molecular weight is 284 g/mol. The van der Waals surface area contributed by atoms with Gasteiger partial charge in [-0.1, -0.05) is 0 Å². The maximum absolute atomic E-state index is 11.8. The number of carbonyl (C=O) groups excluding carboxylic acids is 1. The molecule has 1 aliphatic rings. The van der Waals surface area contributed by atoms with Gasteiger partial charge in [-0.2, -0.15) is 0 Å². The minimum absolute atomic E-state index is 0.0382. The summed E-state index contributed by atoms with van der Waals surface area (Å²) in [4.78, 5) is 18.2. The Bertz CT molecular complexity index is 419. The fourth-order valence-corrected chi connectivity index (χ4v) is 2.32. The van der Waals surface area contributed by atoms with E-state index in [4.69, 9.17) is 0 Å². The van der Waals surface area contributed by atoms with E-state index in [0.29, 0.717) is 6.54 Å². The second-order valence-corrected chi connectivity index (χ2v) is 5.13. The van der Waals surface area contributed by atoms with Crippen molar-refractivity contribution in [2.45, 2.75) is 19.4 Å². The third kappa shape index (κ3) is 1.80. The predicted molar refractivity (Wildman–Crippen MR) is 66.4 cm³/mol. The van der Waals surface area contributed by atoms with Crippen molar-refractivity contribution in [3.63, 3.8) is 0 Å². The first-order valence-electron chi connectivity index (χ1n) is 5.20. The molecule has 1 aliphatic heterocycles. The molecule has 0 atom stereocenters. The molecule has 0 saturated carbocycles. The highest BCUT2D eigenvalue weighted by Gasteiger charge is 2.38. The fraction of sp³-hybridized carbons (Fsp3) is 0.455. The number of hydrogen-bond donors (Lipinski definition) is 1.